The lowest BCUT2D eigenvalue weighted by Gasteiger charge is -2.22. The van der Waals surface area contributed by atoms with Crippen molar-refractivity contribution in [3.63, 3.8) is 0 Å². The standard InChI is InChI=1S/C16H23FN2O/c1-11-7-13(8-12(2)16(11)17)10-19-15(20)9-14-5-3-4-6-18-14/h7-8,14,18H,3-6,9-10H2,1-2H3,(H,19,20). The molecule has 0 radical (unpaired) electrons. The summed E-state index contributed by atoms with van der Waals surface area (Å²) < 4.78 is 13.5. The molecule has 1 fully saturated rings. The van der Waals surface area contributed by atoms with Gasteiger partial charge in [0.05, 0.1) is 0 Å². The molecule has 0 bridgehead atoms. The first kappa shape index (κ1) is 15.0. The van der Waals surface area contributed by atoms with Crippen molar-refractivity contribution in [2.75, 3.05) is 6.54 Å². The number of nitrogens with one attached hydrogen (secondary N) is 2. The summed E-state index contributed by atoms with van der Waals surface area (Å²) in [4.78, 5) is 11.9. The molecule has 2 rings (SSSR count). The fourth-order valence-electron chi connectivity index (χ4n) is 2.73. The smallest absolute Gasteiger partial charge is 0.221 e. The van der Waals surface area contributed by atoms with E-state index in [2.05, 4.69) is 10.6 Å². The maximum atomic E-state index is 13.5. The molecular formula is C16H23FN2O. The van der Waals surface area contributed by atoms with Crippen molar-refractivity contribution in [1.29, 1.82) is 0 Å². The zero-order valence-electron chi connectivity index (χ0n) is 12.3. The third-order valence-electron chi connectivity index (χ3n) is 3.83. The molecule has 1 aromatic rings. The molecule has 20 heavy (non-hydrogen) atoms. The highest BCUT2D eigenvalue weighted by Gasteiger charge is 2.16. The minimum Gasteiger partial charge on any atom is -0.352 e. The van der Waals surface area contributed by atoms with Crippen molar-refractivity contribution < 1.29 is 9.18 Å². The normalized spacial score (nSPS) is 18.9. The second kappa shape index (κ2) is 6.84. The monoisotopic (exact) mass is 278 g/mol. The molecule has 1 aromatic carbocycles. The Morgan fingerprint density at radius 2 is 2.05 bits per heavy atom. The van der Waals surface area contributed by atoms with Crippen LogP contribution in [-0.4, -0.2) is 18.5 Å². The van der Waals surface area contributed by atoms with Crippen LogP contribution in [0.25, 0.3) is 0 Å². The molecule has 1 aliphatic heterocycles. The van der Waals surface area contributed by atoms with Gasteiger partial charge in [-0.05, 0) is 49.9 Å². The molecule has 2 N–H and O–H groups in total. The minimum absolute atomic E-state index is 0.0593. The van der Waals surface area contributed by atoms with Crippen molar-refractivity contribution in [3.05, 3.63) is 34.6 Å². The lowest BCUT2D eigenvalue weighted by atomic mass is 10.0. The summed E-state index contributed by atoms with van der Waals surface area (Å²) >= 11 is 0. The first-order chi connectivity index (χ1) is 9.56. The number of benzene rings is 1. The molecule has 0 aromatic heterocycles. The Bertz CT molecular complexity index is 458. The van der Waals surface area contributed by atoms with Crippen LogP contribution < -0.4 is 10.6 Å². The maximum Gasteiger partial charge on any atom is 0.221 e. The van der Waals surface area contributed by atoms with Crippen LogP contribution in [0.4, 0.5) is 4.39 Å². The van der Waals surface area contributed by atoms with Gasteiger partial charge in [-0.2, -0.15) is 0 Å². The van der Waals surface area contributed by atoms with E-state index in [1.165, 1.54) is 12.8 Å². The SMILES string of the molecule is Cc1cc(CNC(=O)CC2CCCCN2)cc(C)c1F. The molecule has 4 heteroatoms. The molecule has 1 aliphatic rings. The van der Waals surface area contributed by atoms with Crippen molar-refractivity contribution in [1.82, 2.24) is 10.6 Å². The van der Waals surface area contributed by atoms with Crippen molar-refractivity contribution in [2.45, 2.75) is 52.1 Å². The van der Waals surface area contributed by atoms with Crippen LogP contribution in [0.2, 0.25) is 0 Å². The largest absolute Gasteiger partial charge is 0.352 e. The summed E-state index contributed by atoms with van der Waals surface area (Å²) in [5, 5.41) is 6.28. The van der Waals surface area contributed by atoms with Gasteiger partial charge in [-0.3, -0.25) is 4.79 Å². The van der Waals surface area contributed by atoms with E-state index in [9.17, 15) is 9.18 Å². The van der Waals surface area contributed by atoms with E-state index in [4.69, 9.17) is 0 Å². The number of halogens is 1. The topological polar surface area (TPSA) is 41.1 Å². The number of aryl methyl sites for hydroxylation is 2. The molecule has 3 nitrogen and oxygen atoms in total. The average molecular weight is 278 g/mol. The molecule has 1 saturated heterocycles. The summed E-state index contributed by atoms with van der Waals surface area (Å²) in [6, 6.07) is 3.89. The Morgan fingerprint density at radius 1 is 1.35 bits per heavy atom. The van der Waals surface area contributed by atoms with Crippen LogP contribution in [0.1, 0.15) is 42.4 Å². The highest BCUT2D eigenvalue weighted by atomic mass is 19.1. The zero-order chi connectivity index (χ0) is 14.5. The molecule has 1 heterocycles. The highest BCUT2D eigenvalue weighted by Crippen LogP contribution is 2.15. The number of piperidine rings is 1. The van der Waals surface area contributed by atoms with E-state index < -0.39 is 0 Å². The lowest BCUT2D eigenvalue weighted by molar-refractivity contribution is -0.121. The Kier molecular flexibility index (Phi) is 5.12. The predicted octanol–water partition coefficient (Wildman–Crippen LogP) is 2.59. The van der Waals surface area contributed by atoms with Gasteiger partial charge in [-0.1, -0.05) is 18.6 Å². The second-order valence-corrected chi connectivity index (χ2v) is 5.67. The molecule has 0 aliphatic carbocycles. The fraction of sp³-hybridized carbons (Fsp3) is 0.562. The third kappa shape index (κ3) is 4.04. The molecule has 110 valence electrons. The van der Waals surface area contributed by atoms with Gasteiger partial charge in [0.15, 0.2) is 0 Å². The van der Waals surface area contributed by atoms with Crippen LogP contribution >= 0.6 is 0 Å². The maximum absolute atomic E-state index is 13.5. The Labute approximate surface area is 120 Å². The zero-order valence-corrected chi connectivity index (χ0v) is 12.3. The molecular weight excluding hydrogens is 255 g/mol. The van der Waals surface area contributed by atoms with Gasteiger partial charge in [0.25, 0.3) is 0 Å². The van der Waals surface area contributed by atoms with E-state index in [1.807, 2.05) is 0 Å². The van der Waals surface area contributed by atoms with Crippen LogP contribution in [0.5, 0.6) is 0 Å². The van der Waals surface area contributed by atoms with Crippen LogP contribution in [0.15, 0.2) is 12.1 Å². The molecule has 0 spiro atoms. The Hall–Kier alpha value is -1.42. The van der Waals surface area contributed by atoms with E-state index >= 15 is 0 Å². The predicted molar refractivity (Wildman–Crippen MR) is 78.0 cm³/mol. The molecule has 1 unspecified atom stereocenters. The first-order valence-electron chi connectivity index (χ1n) is 7.32. The number of hydrogen-bond donors (Lipinski definition) is 2. The summed E-state index contributed by atoms with van der Waals surface area (Å²) in [7, 11) is 0. The van der Waals surface area contributed by atoms with Crippen molar-refractivity contribution in [3.8, 4) is 0 Å². The first-order valence-corrected chi connectivity index (χ1v) is 7.32. The second-order valence-electron chi connectivity index (χ2n) is 5.67. The summed E-state index contributed by atoms with van der Waals surface area (Å²) in [6.45, 7) is 4.97. The average Bonchev–Trinajstić information content (AvgIpc) is 2.43. The third-order valence-corrected chi connectivity index (χ3v) is 3.83. The highest BCUT2D eigenvalue weighted by molar-refractivity contribution is 5.76. The van der Waals surface area contributed by atoms with Gasteiger partial charge in [0, 0.05) is 19.0 Å². The van der Waals surface area contributed by atoms with E-state index in [0.29, 0.717) is 30.1 Å². The number of carbonyl (C=O) groups is 1. The van der Waals surface area contributed by atoms with Gasteiger partial charge >= 0.3 is 0 Å². The van der Waals surface area contributed by atoms with Crippen molar-refractivity contribution >= 4 is 5.91 Å². The van der Waals surface area contributed by atoms with E-state index in [0.717, 1.165) is 18.5 Å². The van der Waals surface area contributed by atoms with Gasteiger partial charge in [-0.25, -0.2) is 4.39 Å². The quantitative estimate of drug-likeness (QED) is 0.889. The van der Waals surface area contributed by atoms with E-state index in [-0.39, 0.29) is 11.7 Å². The number of rotatable bonds is 4. The molecule has 0 saturated carbocycles. The fourth-order valence-corrected chi connectivity index (χ4v) is 2.73. The van der Waals surface area contributed by atoms with Gasteiger partial charge in [-0.15, -0.1) is 0 Å². The molecule has 1 atom stereocenters. The van der Waals surface area contributed by atoms with Crippen LogP contribution in [-0.2, 0) is 11.3 Å². The Morgan fingerprint density at radius 3 is 2.65 bits per heavy atom. The lowest BCUT2D eigenvalue weighted by Crippen LogP contribution is -2.38. The number of hydrogen-bond acceptors (Lipinski definition) is 2. The van der Waals surface area contributed by atoms with Gasteiger partial charge in [0.1, 0.15) is 5.82 Å². The van der Waals surface area contributed by atoms with E-state index in [1.54, 1.807) is 26.0 Å². The summed E-state index contributed by atoms with van der Waals surface area (Å²) in [5.74, 6) is -0.101. The van der Waals surface area contributed by atoms with Crippen LogP contribution in [0, 0.1) is 19.7 Å². The number of carbonyl (C=O) groups excluding carboxylic acids is 1. The minimum atomic E-state index is -0.161. The summed E-state index contributed by atoms with van der Waals surface area (Å²) in [6.07, 6.45) is 3.99. The van der Waals surface area contributed by atoms with Gasteiger partial charge < -0.3 is 10.6 Å². The number of amides is 1. The van der Waals surface area contributed by atoms with Crippen molar-refractivity contribution in [2.24, 2.45) is 0 Å². The van der Waals surface area contributed by atoms with Gasteiger partial charge in [0.2, 0.25) is 5.91 Å². The Balaban J connectivity index is 1.83. The summed E-state index contributed by atoms with van der Waals surface area (Å²) in [5.41, 5.74) is 2.21. The molecule has 1 amide bonds. The van der Waals surface area contributed by atoms with Crippen LogP contribution in [0.3, 0.4) is 0 Å².